The second kappa shape index (κ2) is 45.6. The van der Waals surface area contributed by atoms with E-state index in [1.54, 1.807) is 0 Å². The van der Waals surface area contributed by atoms with Crippen molar-refractivity contribution in [2.75, 3.05) is 13.2 Å². The molecule has 7 N–H and O–H groups in total. The van der Waals surface area contributed by atoms with E-state index in [0.717, 1.165) is 38.5 Å². The van der Waals surface area contributed by atoms with Crippen molar-refractivity contribution < 1.29 is 44.9 Å². The lowest BCUT2D eigenvalue weighted by Crippen LogP contribution is -2.60. The van der Waals surface area contributed by atoms with Gasteiger partial charge in [0.15, 0.2) is 6.29 Å². The van der Waals surface area contributed by atoms with Crippen LogP contribution in [0, 0.1) is 0 Å². The van der Waals surface area contributed by atoms with Crippen molar-refractivity contribution in [1.82, 2.24) is 5.32 Å². The molecule has 1 aliphatic heterocycles. The molecule has 1 aliphatic rings. The predicted molar refractivity (Wildman–Crippen MR) is 269 cm³/mol. The van der Waals surface area contributed by atoms with Gasteiger partial charge in [0.25, 0.3) is 0 Å². The molecule has 0 aromatic rings. The van der Waals surface area contributed by atoms with Crippen LogP contribution in [0.3, 0.4) is 0 Å². The van der Waals surface area contributed by atoms with E-state index in [9.17, 15) is 35.4 Å². The van der Waals surface area contributed by atoms with Crippen molar-refractivity contribution in [3.63, 3.8) is 0 Å². The Labute approximate surface area is 400 Å². The number of carbonyl (C=O) groups is 1. The summed E-state index contributed by atoms with van der Waals surface area (Å²) in [5, 5.41) is 65.4. The minimum atomic E-state index is -1.60. The lowest BCUT2D eigenvalue weighted by atomic mass is 9.98. The number of rotatable bonds is 49. The summed E-state index contributed by atoms with van der Waals surface area (Å²) in [5.74, 6) is -0.251. The lowest BCUT2D eigenvalue weighted by molar-refractivity contribution is -0.303. The van der Waals surface area contributed by atoms with Crippen molar-refractivity contribution >= 4 is 5.91 Å². The molecule has 0 aromatic carbocycles. The Morgan fingerprint density at radius 2 is 0.800 bits per heavy atom. The largest absolute Gasteiger partial charge is 0.394 e. The smallest absolute Gasteiger partial charge is 0.220 e. The van der Waals surface area contributed by atoms with E-state index in [1.807, 2.05) is 0 Å². The van der Waals surface area contributed by atoms with Crippen LogP contribution in [0.2, 0.25) is 0 Å². The van der Waals surface area contributed by atoms with Gasteiger partial charge in [-0.2, -0.15) is 0 Å². The van der Waals surface area contributed by atoms with Crippen LogP contribution in [0.1, 0.15) is 284 Å². The average molecular weight is 928 g/mol. The molecule has 0 aliphatic carbocycles. The number of ether oxygens (including phenoxy) is 2. The molecule has 8 atom stereocenters. The van der Waals surface area contributed by atoms with E-state index < -0.39 is 55.6 Å². The molecule has 1 heterocycles. The summed E-state index contributed by atoms with van der Waals surface area (Å²) in [6.07, 6.45) is 42.8. The quantitative estimate of drug-likeness (QED) is 0.0294. The fraction of sp³-hybridized carbons (Fsp3) is 0.982. The van der Waals surface area contributed by atoms with Crippen LogP contribution in [-0.4, -0.2) is 98.7 Å². The molecule has 0 spiro atoms. The minimum absolute atomic E-state index is 0.251. The maximum absolute atomic E-state index is 13.1. The summed E-state index contributed by atoms with van der Waals surface area (Å²) in [6.45, 7) is 3.64. The van der Waals surface area contributed by atoms with Crippen LogP contribution in [0.25, 0.3) is 0 Å². The van der Waals surface area contributed by atoms with Crippen molar-refractivity contribution in [3.8, 4) is 0 Å². The fourth-order valence-electron chi connectivity index (χ4n) is 9.50. The normalized spacial score (nSPS) is 20.3. The molecule has 1 saturated heterocycles. The average Bonchev–Trinajstić information content (AvgIpc) is 3.31. The van der Waals surface area contributed by atoms with E-state index in [1.165, 1.54) is 218 Å². The zero-order valence-corrected chi connectivity index (χ0v) is 42.6. The molecule has 10 nitrogen and oxygen atoms in total. The summed E-state index contributed by atoms with van der Waals surface area (Å²) in [5.41, 5.74) is 0. The van der Waals surface area contributed by atoms with Gasteiger partial charge in [-0.15, -0.1) is 0 Å². The summed E-state index contributed by atoms with van der Waals surface area (Å²) >= 11 is 0. The first-order valence-electron chi connectivity index (χ1n) is 28.3. The molecular weight excluding hydrogens is 819 g/mol. The Kier molecular flexibility index (Phi) is 43.6. The number of aliphatic hydroxyl groups is 6. The SMILES string of the molecule is CCCCCCCCCCCCCCCCCCCCCCCCCCCCCCC(=O)N[C@@H](CO[C@@H]1O[C@H](CO)[C@@H](O)C(O)C1O)[C@H](O)[C@H](O)CCCCCCCCCCCCCC. The standard InChI is InChI=1S/C55H109NO9/c1-3-5-7-9-11-13-15-17-18-19-20-21-22-23-24-25-26-27-28-29-30-31-32-34-36-38-40-42-44-50(59)56-47(46-64-55-54(63)53(62)52(61)49(45-57)65-55)51(60)48(58)43-41-39-37-35-33-16-14-12-10-8-6-4-2/h47-49,51-55,57-58,60-63H,3-46H2,1-2H3,(H,56,59)/t47-,48+,49+,51-,52+,53?,54?,55+/m0/s1. The Morgan fingerprint density at radius 1 is 0.477 bits per heavy atom. The number of unbranched alkanes of at least 4 members (excludes halogenated alkanes) is 38. The number of hydrogen-bond acceptors (Lipinski definition) is 9. The van der Waals surface area contributed by atoms with Crippen LogP contribution in [-0.2, 0) is 14.3 Å². The van der Waals surface area contributed by atoms with Crippen LogP contribution < -0.4 is 5.32 Å². The molecule has 0 aromatic heterocycles. The van der Waals surface area contributed by atoms with Gasteiger partial charge in [0.1, 0.15) is 30.5 Å². The van der Waals surface area contributed by atoms with E-state index in [4.69, 9.17) is 9.47 Å². The molecule has 2 unspecified atom stereocenters. The topological polar surface area (TPSA) is 169 Å². The third-order valence-electron chi connectivity index (χ3n) is 14.1. The summed E-state index contributed by atoms with van der Waals surface area (Å²) in [4.78, 5) is 13.1. The highest BCUT2D eigenvalue weighted by molar-refractivity contribution is 5.76. The number of aliphatic hydroxyl groups excluding tert-OH is 6. The number of carbonyl (C=O) groups excluding carboxylic acids is 1. The molecule has 65 heavy (non-hydrogen) atoms. The maximum Gasteiger partial charge on any atom is 0.220 e. The minimum Gasteiger partial charge on any atom is -0.394 e. The summed E-state index contributed by atoms with van der Waals surface area (Å²) in [7, 11) is 0. The molecule has 1 rings (SSSR count). The molecule has 1 amide bonds. The molecule has 0 bridgehead atoms. The zero-order chi connectivity index (χ0) is 47.4. The van der Waals surface area contributed by atoms with Gasteiger partial charge in [0, 0.05) is 6.42 Å². The Hall–Kier alpha value is -0.850. The third-order valence-corrected chi connectivity index (χ3v) is 14.1. The van der Waals surface area contributed by atoms with Gasteiger partial charge >= 0.3 is 0 Å². The molecule has 388 valence electrons. The molecule has 10 heteroatoms. The Bertz CT molecular complexity index is 1000. The molecule has 0 saturated carbocycles. The van der Waals surface area contributed by atoms with Crippen molar-refractivity contribution in [3.05, 3.63) is 0 Å². The van der Waals surface area contributed by atoms with Crippen molar-refractivity contribution in [1.29, 1.82) is 0 Å². The highest BCUT2D eigenvalue weighted by Crippen LogP contribution is 2.23. The second-order valence-electron chi connectivity index (χ2n) is 20.2. The summed E-state index contributed by atoms with van der Waals surface area (Å²) < 4.78 is 11.2. The fourth-order valence-corrected chi connectivity index (χ4v) is 9.50. The monoisotopic (exact) mass is 928 g/mol. The predicted octanol–water partition coefficient (Wildman–Crippen LogP) is 12.4. The van der Waals surface area contributed by atoms with Gasteiger partial charge in [-0.25, -0.2) is 0 Å². The summed E-state index contributed by atoms with van der Waals surface area (Å²) in [6, 6.07) is -0.985. The molecule has 1 fully saturated rings. The number of amides is 1. The Balaban J connectivity index is 2.17. The van der Waals surface area contributed by atoms with E-state index >= 15 is 0 Å². The van der Waals surface area contributed by atoms with Gasteiger partial charge in [-0.05, 0) is 12.8 Å². The van der Waals surface area contributed by atoms with E-state index in [0.29, 0.717) is 6.42 Å². The second-order valence-corrected chi connectivity index (χ2v) is 20.2. The van der Waals surface area contributed by atoms with Crippen molar-refractivity contribution in [2.45, 2.75) is 332 Å². The van der Waals surface area contributed by atoms with E-state index in [-0.39, 0.29) is 18.9 Å². The van der Waals surface area contributed by atoms with Gasteiger partial charge in [-0.3, -0.25) is 4.79 Å². The first kappa shape index (κ1) is 62.2. The lowest BCUT2D eigenvalue weighted by Gasteiger charge is -2.40. The van der Waals surface area contributed by atoms with E-state index in [2.05, 4.69) is 19.2 Å². The maximum atomic E-state index is 13.1. The molecular formula is C55H109NO9. The van der Waals surface area contributed by atoms with Gasteiger partial charge in [0.05, 0.1) is 25.4 Å². The van der Waals surface area contributed by atoms with Crippen LogP contribution in [0.15, 0.2) is 0 Å². The Morgan fingerprint density at radius 3 is 1.14 bits per heavy atom. The number of nitrogens with one attached hydrogen (secondary N) is 1. The van der Waals surface area contributed by atoms with Gasteiger partial charge in [0.2, 0.25) is 5.91 Å². The van der Waals surface area contributed by atoms with Gasteiger partial charge < -0.3 is 45.4 Å². The third kappa shape index (κ3) is 35.0. The van der Waals surface area contributed by atoms with Crippen LogP contribution >= 0.6 is 0 Å². The highest BCUT2D eigenvalue weighted by atomic mass is 16.7. The number of hydrogen-bond donors (Lipinski definition) is 7. The van der Waals surface area contributed by atoms with Crippen LogP contribution in [0.4, 0.5) is 0 Å². The van der Waals surface area contributed by atoms with Gasteiger partial charge in [-0.1, -0.05) is 264 Å². The van der Waals surface area contributed by atoms with Crippen LogP contribution in [0.5, 0.6) is 0 Å². The highest BCUT2D eigenvalue weighted by Gasteiger charge is 2.44. The first-order chi connectivity index (χ1) is 31.8. The van der Waals surface area contributed by atoms with Crippen molar-refractivity contribution in [2.24, 2.45) is 0 Å². The zero-order valence-electron chi connectivity index (χ0n) is 42.6. The molecule has 0 radical (unpaired) electrons. The first-order valence-corrected chi connectivity index (χ1v) is 28.3.